The molecule has 3 nitrogen and oxygen atoms in total. The third-order valence-electron chi connectivity index (χ3n) is 2.53. The Morgan fingerprint density at radius 2 is 2.43 bits per heavy atom. The number of rotatable bonds is 6. The molecule has 0 radical (unpaired) electrons. The molecule has 0 saturated carbocycles. The molecule has 1 unspecified atom stereocenters. The Morgan fingerprint density at radius 1 is 1.57 bits per heavy atom. The van der Waals surface area contributed by atoms with Crippen LogP contribution < -0.4 is 5.32 Å². The molecule has 0 bridgehead atoms. The third kappa shape index (κ3) is 4.72. The summed E-state index contributed by atoms with van der Waals surface area (Å²) in [5.74, 6) is 0.800. The van der Waals surface area contributed by atoms with E-state index in [0.717, 1.165) is 19.5 Å². The maximum atomic E-state index is 11.4. The molecule has 0 aliphatic carbocycles. The van der Waals surface area contributed by atoms with Gasteiger partial charge in [-0.25, -0.2) is 0 Å². The Morgan fingerprint density at radius 3 is 3.07 bits per heavy atom. The molecule has 0 aromatic rings. The van der Waals surface area contributed by atoms with E-state index in [1.54, 1.807) is 0 Å². The van der Waals surface area contributed by atoms with E-state index in [1.807, 2.05) is 0 Å². The summed E-state index contributed by atoms with van der Waals surface area (Å²) in [6.45, 7) is 5.17. The van der Waals surface area contributed by atoms with Gasteiger partial charge in [-0.05, 0) is 38.3 Å². The van der Waals surface area contributed by atoms with Crippen molar-refractivity contribution >= 4 is 5.78 Å². The van der Waals surface area contributed by atoms with Crippen molar-refractivity contribution in [3.05, 3.63) is 0 Å². The molecule has 1 fully saturated rings. The van der Waals surface area contributed by atoms with Crippen LogP contribution in [0.3, 0.4) is 0 Å². The standard InChI is InChI=1S/C11H21NO2/c1-2-6-14-9-11(13)7-10-4-3-5-12-8-10/h10,12H,2-9H2,1H3. The van der Waals surface area contributed by atoms with E-state index in [2.05, 4.69) is 12.2 Å². The quantitative estimate of drug-likeness (QED) is 0.657. The van der Waals surface area contributed by atoms with Gasteiger partial charge in [0.15, 0.2) is 5.78 Å². The van der Waals surface area contributed by atoms with Gasteiger partial charge in [0.25, 0.3) is 0 Å². The molecule has 1 rings (SSSR count). The second-order valence-corrected chi connectivity index (χ2v) is 4.01. The Bertz CT molecular complexity index is 165. The summed E-state index contributed by atoms with van der Waals surface area (Å²) < 4.78 is 5.22. The third-order valence-corrected chi connectivity index (χ3v) is 2.53. The topological polar surface area (TPSA) is 38.3 Å². The fourth-order valence-electron chi connectivity index (χ4n) is 1.81. The van der Waals surface area contributed by atoms with Gasteiger partial charge in [0.2, 0.25) is 0 Å². The normalized spacial score (nSPS) is 22.2. The summed E-state index contributed by atoms with van der Waals surface area (Å²) in [4.78, 5) is 11.4. The summed E-state index contributed by atoms with van der Waals surface area (Å²) >= 11 is 0. The number of carbonyl (C=O) groups is 1. The Labute approximate surface area is 86.2 Å². The smallest absolute Gasteiger partial charge is 0.158 e. The Kier molecular flexibility index (Phi) is 5.80. The molecule has 1 aliphatic heterocycles. The minimum Gasteiger partial charge on any atom is -0.374 e. The summed E-state index contributed by atoms with van der Waals surface area (Å²) in [6.07, 6.45) is 4.06. The molecule has 82 valence electrons. The highest BCUT2D eigenvalue weighted by Gasteiger charge is 2.16. The number of ether oxygens (including phenoxy) is 1. The zero-order valence-corrected chi connectivity index (χ0v) is 9.05. The number of hydrogen-bond acceptors (Lipinski definition) is 3. The summed E-state index contributed by atoms with van der Waals surface area (Å²) in [5.41, 5.74) is 0. The van der Waals surface area contributed by atoms with E-state index >= 15 is 0 Å². The SMILES string of the molecule is CCCOCC(=O)CC1CCCNC1. The van der Waals surface area contributed by atoms with E-state index in [-0.39, 0.29) is 5.78 Å². The van der Waals surface area contributed by atoms with Crippen LogP contribution in [0.2, 0.25) is 0 Å². The lowest BCUT2D eigenvalue weighted by atomic mass is 9.94. The first-order chi connectivity index (χ1) is 6.83. The van der Waals surface area contributed by atoms with Crippen LogP contribution in [-0.2, 0) is 9.53 Å². The van der Waals surface area contributed by atoms with Crippen molar-refractivity contribution in [2.75, 3.05) is 26.3 Å². The first-order valence-corrected chi connectivity index (χ1v) is 5.63. The number of ketones is 1. The predicted molar refractivity (Wildman–Crippen MR) is 56.3 cm³/mol. The highest BCUT2D eigenvalue weighted by atomic mass is 16.5. The lowest BCUT2D eigenvalue weighted by Gasteiger charge is -2.21. The zero-order valence-electron chi connectivity index (χ0n) is 9.05. The van der Waals surface area contributed by atoms with Crippen molar-refractivity contribution in [1.82, 2.24) is 5.32 Å². The zero-order chi connectivity index (χ0) is 10.2. The Balaban J connectivity index is 2.06. The Hall–Kier alpha value is -0.410. The van der Waals surface area contributed by atoms with Crippen LogP contribution in [0.1, 0.15) is 32.6 Å². The second kappa shape index (κ2) is 6.96. The van der Waals surface area contributed by atoms with Crippen LogP contribution in [0, 0.1) is 5.92 Å². The molecule has 3 heteroatoms. The fraction of sp³-hybridized carbons (Fsp3) is 0.909. The van der Waals surface area contributed by atoms with Gasteiger partial charge in [0.1, 0.15) is 6.61 Å². The molecule has 1 N–H and O–H groups in total. The average Bonchev–Trinajstić information content (AvgIpc) is 2.20. The molecule has 0 amide bonds. The molecule has 0 aromatic heterocycles. The molecule has 0 spiro atoms. The number of carbonyl (C=O) groups excluding carboxylic acids is 1. The van der Waals surface area contributed by atoms with Crippen molar-refractivity contribution in [3.8, 4) is 0 Å². The van der Waals surface area contributed by atoms with Crippen LogP contribution >= 0.6 is 0 Å². The lowest BCUT2D eigenvalue weighted by molar-refractivity contribution is -0.124. The average molecular weight is 199 g/mol. The van der Waals surface area contributed by atoms with E-state index in [0.29, 0.717) is 25.6 Å². The first kappa shape index (κ1) is 11.7. The molecular formula is C11H21NO2. The molecule has 1 atom stereocenters. The van der Waals surface area contributed by atoms with Crippen molar-refractivity contribution in [1.29, 1.82) is 0 Å². The summed E-state index contributed by atoms with van der Waals surface area (Å²) in [7, 11) is 0. The maximum Gasteiger partial charge on any atom is 0.158 e. The lowest BCUT2D eigenvalue weighted by Crippen LogP contribution is -2.31. The van der Waals surface area contributed by atoms with Crippen LogP contribution in [0.25, 0.3) is 0 Å². The van der Waals surface area contributed by atoms with Gasteiger partial charge in [-0.1, -0.05) is 6.92 Å². The molecule has 1 aliphatic rings. The minimum atomic E-state index is 0.257. The van der Waals surface area contributed by atoms with Crippen molar-refractivity contribution in [2.45, 2.75) is 32.6 Å². The number of nitrogens with one attached hydrogen (secondary N) is 1. The molecular weight excluding hydrogens is 178 g/mol. The summed E-state index contributed by atoms with van der Waals surface area (Å²) in [5, 5.41) is 3.31. The molecule has 1 heterocycles. The van der Waals surface area contributed by atoms with Crippen LogP contribution in [0.5, 0.6) is 0 Å². The number of hydrogen-bond donors (Lipinski definition) is 1. The first-order valence-electron chi connectivity index (χ1n) is 5.63. The van der Waals surface area contributed by atoms with Gasteiger partial charge < -0.3 is 10.1 Å². The van der Waals surface area contributed by atoms with Gasteiger partial charge in [-0.15, -0.1) is 0 Å². The molecule has 14 heavy (non-hydrogen) atoms. The fourth-order valence-corrected chi connectivity index (χ4v) is 1.81. The van der Waals surface area contributed by atoms with Crippen molar-refractivity contribution < 1.29 is 9.53 Å². The molecule has 1 saturated heterocycles. The van der Waals surface area contributed by atoms with E-state index in [4.69, 9.17) is 4.74 Å². The largest absolute Gasteiger partial charge is 0.374 e. The molecule has 0 aromatic carbocycles. The van der Waals surface area contributed by atoms with Gasteiger partial charge >= 0.3 is 0 Å². The van der Waals surface area contributed by atoms with Crippen LogP contribution in [0.4, 0.5) is 0 Å². The van der Waals surface area contributed by atoms with Crippen molar-refractivity contribution in [2.24, 2.45) is 5.92 Å². The van der Waals surface area contributed by atoms with Gasteiger partial charge in [-0.3, -0.25) is 4.79 Å². The van der Waals surface area contributed by atoms with E-state index in [1.165, 1.54) is 12.8 Å². The minimum absolute atomic E-state index is 0.257. The van der Waals surface area contributed by atoms with Gasteiger partial charge in [0, 0.05) is 13.0 Å². The van der Waals surface area contributed by atoms with Crippen LogP contribution in [0.15, 0.2) is 0 Å². The monoisotopic (exact) mass is 199 g/mol. The maximum absolute atomic E-state index is 11.4. The second-order valence-electron chi connectivity index (χ2n) is 4.01. The summed E-state index contributed by atoms with van der Waals surface area (Å²) in [6, 6.07) is 0. The van der Waals surface area contributed by atoms with Crippen molar-refractivity contribution in [3.63, 3.8) is 0 Å². The van der Waals surface area contributed by atoms with E-state index < -0.39 is 0 Å². The van der Waals surface area contributed by atoms with Gasteiger partial charge in [-0.2, -0.15) is 0 Å². The van der Waals surface area contributed by atoms with E-state index in [9.17, 15) is 4.79 Å². The van der Waals surface area contributed by atoms with Crippen LogP contribution in [-0.4, -0.2) is 32.1 Å². The number of piperidine rings is 1. The highest BCUT2D eigenvalue weighted by Crippen LogP contribution is 2.14. The predicted octanol–water partition coefficient (Wildman–Crippen LogP) is 1.37. The number of Topliss-reactive ketones (excluding diaryl/α,β-unsaturated/α-hetero) is 1. The van der Waals surface area contributed by atoms with Gasteiger partial charge in [0.05, 0.1) is 0 Å². The highest BCUT2D eigenvalue weighted by molar-refractivity contribution is 5.79.